The van der Waals surface area contributed by atoms with Crippen LogP contribution in [-0.4, -0.2) is 29.7 Å². The summed E-state index contributed by atoms with van der Waals surface area (Å²) in [4.78, 5) is 11.6. The highest BCUT2D eigenvalue weighted by atomic mass is 32.2. The molecule has 0 aliphatic carbocycles. The first-order valence-electron chi connectivity index (χ1n) is 5.66. The maximum absolute atomic E-state index is 11.6. The highest BCUT2D eigenvalue weighted by Crippen LogP contribution is 2.17. The van der Waals surface area contributed by atoms with Crippen molar-refractivity contribution in [3.05, 3.63) is 22.1 Å². The van der Waals surface area contributed by atoms with Crippen LogP contribution in [-0.2, 0) is 21.8 Å². The van der Waals surface area contributed by atoms with Crippen LogP contribution >= 0.6 is 0 Å². The van der Waals surface area contributed by atoms with E-state index in [9.17, 15) is 13.2 Å². The van der Waals surface area contributed by atoms with Crippen molar-refractivity contribution < 1.29 is 8.42 Å². The normalized spacial score (nSPS) is 12.9. The van der Waals surface area contributed by atoms with Crippen molar-refractivity contribution in [1.82, 2.24) is 9.78 Å². The molecule has 0 aliphatic rings. The Labute approximate surface area is 102 Å². The smallest absolute Gasteiger partial charge is 0.266 e. The number of H-pyrrole nitrogens is 1. The lowest BCUT2D eigenvalue weighted by Gasteiger charge is -2.15. The third-order valence-corrected chi connectivity index (χ3v) is 4.35. The number of aryl methyl sites for hydroxylation is 1. The van der Waals surface area contributed by atoms with Gasteiger partial charge in [-0.25, -0.2) is 8.42 Å². The molecule has 1 rings (SSSR count). The molecule has 6 heteroatoms. The van der Waals surface area contributed by atoms with Gasteiger partial charge >= 0.3 is 0 Å². The van der Waals surface area contributed by atoms with Gasteiger partial charge in [-0.15, -0.1) is 0 Å². The van der Waals surface area contributed by atoms with Crippen LogP contribution in [0.25, 0.3) is 0 Å². The molecule has 0 saturated heterocycles. The molecule has 1 N–H and O–H groups in total. The van der Waals surface area contributed by atoms with Crippen LogP contribution in [0.15, 0.2) is 10.9 Å². The molecule has 0 unspecified atom stereocenters. The average molecular weight is 260 g/mol. The topological polar surface area (TPSA) is 71.9 Å². The van der Waals surface area contributed by atoms with Crippen molar-refractivity contribution in [1.29, 1.82) is 0 Å². The first kappa shape index (κ1) is 14.0. The van der Waals surface area contributed by atoms with Crippen LogP contribution in [0.1, 0.15) is 33.4 Å². The minimum atomic E-state index is -3.04. The molecule has 0 aliphatic heterocycles. The van der Waals surface area contributed by atoms with Crippen molar-refractivity contribution >= 4 is 9.84 Å². The molecule has 0 saturated carbocycles. The summed E-state index contributed by atoms with van der Waals surface area (Å²) < 4.78 is 24.1. The zero-order valence-corrected chi connectivity index (χ0v) is 11.6. The Morgan fingerprint density at radius 2 is 1.94 bits per heavy atom. The largest absolute Gasteiger partial charge is 0.299 e. The van der Waals surface area contributed by atoms with Crippen LogP contribution in [0, 0.1) is 0 Å². The Morgan fingerprint density at radius 3 is 2.35 bits per heavy atom. The van der Waals surface area contributed by atoms with E-state index < -0.39 is 9.84 Å². The summed E-state index contributed by atoms with van der Waals surface area (Å²) in [5.74, 6) is 0.0993. The van der Waals surface area contributed by atoms with Crippen LogP contribution in [0.3, 0.4) is 0 Å². The third kappa shape index (κ3) is 3.73. The zero-order valence-electron chi connectivity index (χ0n) is 10.8. The summed E-state index contributed by atoms with van der Waals surface area (Å²) in [6.45, 7) is 7.76. The zero-order chi connectivity index (χ0) is 13.3. The maximum atomic E-state index is 11.6. The van der Waals surface area contributed by atoms with Gasteiger partial charge in [-0.1, -0.05) is 27.7 Å². The number of nitrogens with zero attached hydrogens (tertiary/aromatic N) is 1. The summed E-state index contributed by atoms with van der Waals surface area (Å²) in [5.41, 5.74) is 0.492. The first-order chi connectivity index (χ1) is 7.65. The number of aromatic nitrogens is 2. The van der Waals surface area contributed by atoms with Crippen molar-refractivity contribution in [2.45, 2.75) is 39.7 Å². The predicted octanol–water partition coefficient (Wildman–Crippen LogP) is 0.909. The fraction of sp³-hybridized carbons (Fsp3) is 0.727. The molecule has 0 spiro atoms. The second-order valence-electron chi connectivity index (χ2n) is 5.15. The average Bonchev–Trinajstić information content (AvgIpc) is 2.57. The molecule has 0 aromatic carbocycles. The molecule has 0 bridgehead atoms. The summed E-state index contributed by atoms with van der Waals surface area (Å²) in [5, 5.41) is 2.96. The quantitative estimate of drug-likeness (QED) is 0.874. The summed E-state index contributed by atoms with van der Waals surface area (Å²) in [6.07, 6.45) is 0. The van der Waals surface area contributed by atoms with Gasteiger partial charge in [-0.3, -0.25) is 14.6 Å². The molecule has 0 amide bonds. The Morgan fingerprint density at radius 1 is 1.35 bits per heavy atom. The van der Waals surface area contributed by atoms with Gasteiger partial charge in [0.1, 0.15) is 0 Å². The molecule has 0 radical (unpaired) electrons. The minimum Gasteiger partial charge on any atom is -0.299 e. The van der Waals surface area contributed by atoms with Crippen molar-refractivity contribution in [2.75, 3.05) is 11.5 Å². The van der Waals surface area contributed by atoms with E-state index in [1.54, 1.807) is 6.92 Å². The maximum Gasteiger partial charge on any atom is 0.266 e. The van der Waals surface area contributed by atoms with Crippen LogP contribution < -0.4 is 5.56 Å². The molecular formula is C11H20N2O3S. The second kappa shape index (κ2) is 4.68. The second-order valence-corrected chi connectivity index (χ2v) is 7.62. The van der Waals surface area contributed by atoms with Gasteiger partial charge < -0.3 is 0 Å². The van der Waals surface area contributed by atoms with Gasteiger partial charge in [-0.05, 0) is 0 Å². The third-order valence-electron chi connectivity index (χ3n) is 2.66. The molecule has 1 aromatic rings. The fourth-order valence-corrected chi connectivity index (χ4v) is 2.11. The molecule has 5 nitrogen and oxygen atoms in total. The van der Waals surface area contributed by atoms with E-state index >= 15 is 0 Å². The SMILES string of the molecule is CCS(=O)(=O)CCn1[nH]c(C(C)(C)C)cc1=O. The summed E-state index contributed by atoms with van der Waals surface area (Å²) in [7, 11) is -3.04. The number of hydrogen-bond donors (Lipinski definition) is 1. The van der Waals surface area contributed by atoms with E-state index in [0.29, 0.717) is 0 Å². The molecule has 0 atom stereocenters. The lowest BCUT2D eigenvalue weighted by Crippen LogP contribution is -2.22. The van der Waals surface area contributed by atoms with E-state index in [2.05, 4.69) is 5.10 Å². The molecular weight excluding hydrogens is 240 g/mol. The number of rotatable bonds is 4. The Kier molecular flexibility index (Phi) is 3.86. The molecule has 1 heterocycles. The van der Waals surface area contributed by atoms with E-state index in [-0.39, 0.29) is 29.0 Å². The molecule has 17 heavy (non-hydrogen) atoms. The molecule has 98 valence electrons. The monoisotopic (exact) mass is 260 g/mol. The van der Waals surface area contributed by atoms with Crippen molar-refractivity contribution in [3.8, 4) is 0 Å². The Bertz CT molecular complexity index is 532. The highest BCUT2D eigenvalue weighted by Gasteiger charge is 2.18. The van der Waals surface area contributed by atoms with E-state index in [1.807, 2.05) is 20.8 Å². The Balaban J connectivity index is 2.88. The molecule has 0 fully saturated rings. The molecule has 1 aromatic heterocycles. The first-order valence-corrected chi connectivity index (χ1v) is 7.48. The van der Waals surface area contributed by atoms with E-state index in [1.165, 1.54) is 10.7 Å². The number of hydrogen-bond acceptors (Lipinski definition) is 3. The van der Waals surface area contributed by atoms with Gasteiger partial charge in [0.25, 0.3) is 5.56 Å². The van der Waals surface area contributed by atoms with Crippen LogP contribution in [0.2, 0.25) is 0 Å². The van der Waals surface area contributed by atoms with E-state index in [4.69, 9.17) is 0 Å². The number of nitrogens with one attached hydrogen (secondary N) is 1. The summed E-state index contributed by atoms with van der Waals surface area (Å²) in [6, 6.07) is 1.53. The van der Waals surface area contributed by atoms with Gasteiger partial charge in [-0.2, -0.15) is 0 Å². The van der Waals surface area contributed by atoms with Crippen LogP contribution in [0.5, 0.6) is 0 Å². The van der Waals surface area contributed by atoms with Gasteiger partial charge in [0, 0.05) is 22.9 Å². The minimum absolute atomic E-state index is 0.00645. The van der Waals surface area contributed by atoms with Crippen molar-refractivity contribution in [3.63, 3.8) is 0 Å². The Hall–Kier alpha value is -1.04. The number of sulfone groups is 1. The lowest BCUT2D eigenvalue weighted by atomic mass is 9.93. The predicted molar refractivity (Wildman–Crippen MR) is 68.1 cm³/mol. The fourth-order valence-electron chi connectivity index (χ4n) is 1.36. The van der Waals surface area contributed by atoms with Gasteiger partial charge in [0.05, 0.1) is 12.3 Å². The van der Waals surface area contributed by atoms with Crippen molar-refractivity contribution in [2.24, 2.45) is 0 Å². The summed E-state index contributed by atoms with van der Waals surface area (Å²) >= 11 is 0. The van der Waals surface area contributed by atoms with Gasteiger partial charge in [0.15, 0.2) is 9.84 Å². The standard InChI is InChI=1S/C11H20N2O3S/c1-5-17(15,16)7-6-13-10(14)8-9(12-13)11(2,3)4/h8,12H,5-7H2,1-4H3. The van der Waals surface area contributed by atoms with Crippen LogP contribution in [0.4, 0.5) is 0 Å². The van der Waals surface area contributed by atoms with E-state index in [0.717, 1.165) is 5.69 Å². The van der Waals surface area contributed by atoms with Gasteiger partial charge in [0.2, 0.25) is 0 Å². The number of aromatic amines is 1. The highest BCUT2D eigenvalue weighted by molar-refractivity contribution is 7.91. The lowest BCUT2D eigenvalue weighted by molar-refractivity contribution is 0.534.